The Bertz CT molecular complexity index is 538. The molecule has 3 rings (SSSR count). The molecule has 1 aromatic carbocycles. The fourth-order valence-electron chi connectivity index (χ4n) is 3.52. The first-order valence-corrected chi connectivity index (χ1v) is 9.76. The Morgan fingerprint density at radius 1 is 1.23 bits per heavy atom. The summed E-state index contributed by atoms with van der Waals surface area (Å²) in [6.07, 6.45) is 2.59. The lowest BCUT2D eigenvalue weighted by Crippen LogP contribution is -2.52. The van der Waals surface area contributed by atoms with Crippen LogP contribution in [0.25, 0.3) is 0 Å². The van der Waals surface area contributed by atoms with Gasteiger partial charge in [0.1, 0.15) is 0 Å². The minimum atomic E-state index is 0.298. The minimum absolute atomic E-state index is 0.298. The van der Waals surface area contributed by atoms with Gasteiger partial charge in [0.05, 0.1) is 19.3 Å². The third kappa shape index (κ3) is 5.97. The topological polar surface area (TPSA) is 49.3 Å². The minimum Gasteiger partial charge on any atom is -0.377 e. The second-order valence-electron chi connectivity index (χ2n) is 6.93. The quantitative estimate of drug-likeness (QED) is 0.454. The lowest BCUT2D eigenvalue weighted by molar-refractivity contribution is 0.0189. The molecule has 0 amide bonds. The molecule has 6 nitrogen and oxygen atoms in total. The van der Waals surface area contributed by atoms with Gasteiger partial charge in [0.25, 0.3) is 0 Å². The van der Waals surface area contributed by atoms with Crippen LogP contribution in [-0.2, 0) is 16.0 Å². The highest BCUT2D eigenvalue weighted by Gasteiger charge is 2.19. The SMILES string of the molecule is CN=C(NCCOCC1CCCO1)N1CCN(Cc2ccccc2)CC1. The maximum absolute atomic E-state index is 5.71. The van der Waals surface area contributed by atoms with Gasteiger partial charge in [0.15, 0.2) is 5.96 Å². The van der Waals surface area contributed by atoms with Crippen molar-refractivity contribution < 1.29 is 9.47 Å². The van der Waals surface area contributed by atoms with Gasteiger partial charge in [-0.1, -0.05) is 30.3 Å². The fourth-order valence-corrected chi connectivity index (χ4v) is 3.52. The summed E-state index contributed by atoms with van der Waals surface area (Å²) in [6, 6.07) is 10.7. The van der Waals surface area contributed by atoms with Gasteiger partial charge in [-0.15, -0.1) is 0 Å². The van der Waals surface area contributed by atoms with Crippen LogP contribution in [0.4, 0.5) is 0 Å². The summed E-state index contributed by atoms with van der Waals surface area (Å²) < 4.78 is 11.3. The molecule has 2 aliphatic heterocycles. The normalized spacial score (nSPS) is 22.0. The highest BCUT2D eigenvalue weighted by atomic mass is 16.5. The van der Waals surface area contributed by atoms with E-state index < -0.39 is 0 Å². The molecular formula is C20H32N4O2. The van der Waals surface area contributed by atoms with Crippen molar-refractivity contribution in [3.8, 4) is 0 Å². The molecule has 0 saturated carbocycles. The van der Waals surface area contributed by atoms with E-state index in [1.165, 1.54) is 5.56 Å². The number of nitrogens with one attached hydrogen (secondary N) is 1. The van der Waals surface area contributed by atoms with Gasteiger partial charge in [-0.3, -0.25) is 9.89 Å². The maximum atomic E-state index is 5.71. The van der Waals surface area contributed by atoms with Crippen LogP contribution in [0.2, 0.25) is 0 Å². The summed E-state index contributed by atoms with van der Waals surface area (Å²) >= 11 is 0. The second kappa shape index (κ2) is 10.5. The summed E-state index contributed by atoms with van der Waals surface area (Å²) in [5, 5.41) is 3.42. The molecule has 0 bridgehead atoms. The number of nitrogens with zero attached hydrogens (tertiary/aromatic N) is 3. The summed E-state index contributed by atoms with van der Waals surface area (Å²) in [4.78, 5) is 9.27. The molecule has 2 saturated heterocycles. The number of aliphatic imine (C=N–C) groups is 1. The van der Waals surface area contributed by atoms with Crippen molar-refractivity contribution in [1.29, 1.82) is 0 Å². The van der Waals surface area contributed by atoms with E-state index in [0.29, 0.717) is 19.3 Å². The first-order chi connectivity index (χ1) is 12.8. The summed E-state index contributed by atoms with van der Waals surface area (Å²) in [5.41, 5.74) is 1.38. The van der Waals surface area contributed by atoms with Crippen LogP contribution < -0.4 is 5.32 Å². The molecule has 26 heavy (non-hydrogen) atoms. The molecule has 0 aromatic heterocycles. The number of rotatable bonds is 7. The maximum Gasteiger partial charge on any atom is 0.193 e. The van der Waals surface area contributed by atoms with Crippen molar-refractivity contribution in [2.75, 3.05) is 59.6 Å². The molecule has 6 heteroatoms. The molecule has 1 unspecified atom stereocenters. The molecule has 2 fully saturated rings. The zero-order valence-corrected chi connectivity index (χ0v) is 15.9. The van der Waals surface area contributed by atoms with Crippen LogP contribution >= 0.6 is 0 Å². The Hall–Kier alpha value is -1.63. The smallest absolute Gasteiger partial charge is 0.193 e. The molecule has 1 aromatic rings. The lowest BCUT2D eigenvalue weighted by atomic mass is 10.2. The van der Waals surface area contributed by atoms with Crippen molar-refractivity contribution >= 4 is 5.96 Å². The van der Waals surface area contributed by atoms with Crippen molar-refractivity contribution in [1.82, 2.24) is 15.1 Å². The highest BCUT2D eigenvalue weighted by molar-refractivity contribution is 5.79. The van der Waals surface area contributed by atoms with Gasteiger partial charge >= 0.3 is 0 Å². The van der Waals surface area contributed by atoms with Crippen LogP contribution in [0.5, 0.6) is 0 Å². The Kier molecular flexibility index (Phi) is 7.73. The predicted molar refractivity (Wildman–Crippen MR) is 104 cm³/mol. The van der Waals surface area contributed by atoms with E-state index in [9.17, 15) is 0 Å². The standard InChI is InChI=1S/C20H32N4O2/c1-21-20(22-9-15-25-17-19-8-5-14-26-19)24-12-10-23(11-13-24)16-18-6-3-2-4-7-18/h2-4,6-7,19H,5,8-17H2,1H3,(H,21,22). The van der Waals surface area contributed by atoms with Crippen molar-refractivity contribution in [3.63, 3.8) is 0 Å². The molecule has 0 aliphatic carbocycles. The fraction of sp³-hybridized carbons (Fsp3) is 0.650. The van der Waals surface area contributed by atoms with Crippen molar-refractivity contribution in [3.05, 3.63) is 35.9 Å². The molecule has 144 valence electrons. The van der Waals surface area contributed by atoms with Gasteiger partial charge in [-0.2, -0.15) is 0 Å². The Labute approximate surface area is 157 Å². The number of benzene rings is 1. The number of ether oxygens (including phenoxy) is 2. The van der Waals surface area contributed by atoms with E-state index in [-0.39, 0.29) is 0 Å². The van der Waals surface area contributed by atoms with Gasteiger partial charge in [0, 0.05) is 52.9 Å². The summed E-state index contributed by atoms with van der Waals surface area (Å²) in [7, 11) is 1.85. The molecule has 1 N–H and O–H groups in total. The third-order valence-corrected chi connectivity index (χ3v) is 4.99. The second-order valence-corrected chi connectivity index (χ2v) is 6.93. The van der Waals surface area contributed by atoms with E-state index in [2.05, 4.69) is 50.4 Å². The van der Waals surface area contributed by atoms with E-state index in [1.54, 1.807) is 0 Å². The van der Waals surface area contributed by atoms with Crippen molar-refractivity contribution in [2.24, 2.45) is 4.99 Å². The van der Waals surface area contributed by atoms with Gasteiger partial charge in [0.2, 0.25) is 0 Å². The Balaban J connectivity index is 1.31. The number of hydrogen-bond donors (Lipinski definition) is 1. The molecule has 1 atom stereocenters. The molecule has 2 aliphatic rings. The zero-order chi connectivity index (χ0) is 18.0. The Morgan fingerprint density at radius 3 is 2.73 bits per heavy atom. The van der Waals surface area contributed by atoms with Crippen molar-refractivity contribution in [2.45, 2.75) is 25.5 Å². The summed E-state index contributed by atoms with van der Waals surface area (Å²) in [5.74, 6) is 0.977. The van der Waals surface area contributed by atoms with Crippen LogP contribution in [-0.4, -0.2) is 81.5 Å². The number of guanidine groups is 1. The predicted octanol–water partition coefficient (Wildman–Crippen LogP) is 1.58. The monoisotopic (exact) mass is 360 g/mol. The molecular weight excluding hydrogens is 328 g/mol. The molecule has 0 spiro atoms. The first kappa shape index (κ1) is 19.1. The first-order valence-electron chi connectivity index (χ1n) is 9.76. The van der Waals surface area contributed by atoms with E-state index in [4.69, 9.17) is 9.47 Å². The molecule has 2 heterocycles. The van der Waals surface area contributed by atoms with Crippen LogP contribution in [0.1, 0.15) is 18.4 Å². The van der Waals surface area contributed by atoms with E-state index in [0.717, 1.165) is 64.7 Å². The van der Waals surface area contributed by atoms with Gasteiger partial charge in [-0.25, -0.2) is 0 Å². The lowest BCUT2D eigenvalue weighted by Gasteiger charge is -2.36. The average Bonchev–Trinajstić information content (AvgIpc) is 3.20. The van der Waals surface area contributed by atoms with Crippen LogP contribution in [0, 0.1) is 0 Å². The number of hydrogen-bond acceptors (Lipinski definition) is 4. The van der Waals surface area contributed by atoms with E-state index >= 15 is 0 Å². The average molecular weight is 361 g/mol. The van der Waals surface area contributed by atoms with Crippen LogP contribution in [0.3, 0.4) is 0 Å². The Morgan fingerprint density at radius 2 is 2.04 bits per heavy atom. The largest absolute Gasteiger partial charge is 0.377 e. The number of piperazine rings is 1. The third-order valence-electron chi connectivity index (χ3n) is 4.99. The zero-order valence-electron chi connectivity index (χ0n) is 15.9. The van der Waals surface area contributed by atoms with Crippen LogP contribution in [0.15, 0.2) is 35.3 Å². The van der Waals surface area contributed by atoms with E-state index in [1.807, 2.05) is 7.05 Å². The summed E-state index contributed by atoms with van der Waals surface area (Å²) in [6.45, 7) is 8.21. The van der Waals surface area contributed by atoms with Gasteiger partial charge < -0.3 is 19.7 Å². The molecule has 0 radical (unpaired) electrons. The highest BCUT2D eigenvalue weighted by Crippen LogP contribution is 2.11. The van der Waals surface area contributed by atoms with Gasteiger partial charge in [-0.05, 0) is 18.4 Å².